The van der Waals surface area contributed by atoms with E-state index < -0.39 is 10.5 Å². The van der Waals surface area contributed by atoms with Gasteiger partial charge < -0.3 is 13.9 Å². The van der Waals surface area contributed by atoms with E-state index in [1.807, 2.05) is 12.1 Å². The molecule has 0 aliphatic rings. The predicted molar refractivity (Wildman–Crippen MR) is 160 cm³/mol. The van der Waals surface area contributed by atoms with Crippen molar-refractivity contribution in [3.63, 3.8) is 0 Å². The van der Waals surface area contributed by atoms with E-state index in [2.05, 4.69) is 10.1 Å². The Bertz CT molecular complexity index is 2050. The summed E-state index contributed by atoms with van der Waals surface area (Å²) in [5.74, 6) is 1.35. The van der Waals surface area contributed by atoms with Gasteiger partial charge in [-0.3, -0.25) is 14.9 Å². The third kappa shape index (κ3) is 5.18. The summed E-state index contributed by atoms with van der Waals surface area (Å²) in [5.41, 5.74) is 1.52. The van der Waals surface area contributed by atoms with Crippen molar-refractivity contribution in [2.75, 3.05) is 7.11 Å². The molecule has 2 heterocycles. The number of furan rings is 1. The Balaban J connectivity index is 1.47. The molecular formula is C31H21ClN4O6. The molecule has 0 N–H and O–H groups in total. The molecule has 0 saturated heterocycles. The first-order valence-corrected chi connectivity index (χ1v) is 13.1. The number of fused-ring (bicyclic) bond motifs is 2. The Morgan fingerprint density at radius 1 is 1.00 bits per heavy atom. The first-order valence-electron chi connectivity index (χ1n) is 12.7. The molecule has 0 bridgehead atoms. The number of aromatic nitrogens is 2. The molecule has 10 nitrogen and oxygen atoms in total. The number of nitro benzene ring substituents is 1. The summed E-state index contributed by atoms with van der Waals surface area (Å²) < 4.78 is 18.6. The molecule has 0 aliphatic carbocycles. The van der Waals surface area contributed by atoms with Gasteiger partial charge in [-0.25, -0.2) is 4.98 Å². The molecule has 0 atom stereocenters. The monoisotopic (exact) mass is 580 g/mol. The number of halogens is 1. The first kappa shape index (κ1) is 26.7. The number of nitrogens with zero attached hydrogens (tertiary/aromatic N) is 4. The lowest BCUT2D eigenvalue weighted by Crippen LogP contribution is -2.20. The fraction of sp³-hybridized carbons (Fsp3) is 0.0645. The zero-order valence-electron chi connectivity index (χ0n) is 22.1. The van der Waals surface area contributed by atoms with Gasteiger partial charge >= 0.3 is 0 Å². The minimum Gasteiger partial charge on any atom is -0.496 e. The lowest BCUT2D eigenvalue weighted by Gasteiger charge is -2.10. The second kappa shape index (κ2) is 11.2. The molecule has 6 aromatic rings. The van der Waals surface area contributed by atoms with Crippen LogP contribution in [0.1, 0.15) is 11.1 Å². The van der Waals surface area contributed by atoms with Gasteiger partial charge in [0.15, 0.2) is 5.76 Å². The SMILES string of the molecule is COc1cccc2oc(-c3nc4ccccc4c(=O)n3N=Cc3cc([N+](=O)[O-])ccc3OCc3ccc(Cl)cc3)cc12. The average molecular weight is 581 g/mol. The summed E-state index contributed by atoms with van der Waals surface area (Å²) in [7, 11) is 1.56. The Morgan fingerprint density at radius 2 is 1.81 bits per heavy atom. The molecule has 0 radical (unpaired) electrons. The second-order valence-electron chi connectivity index (χ2n) is 9.19. The molecule has 0 aliphatic heterocycles. The molecule has 2 aromatic heterocycles. The molecule has 6 rings (SSSR count). The van der Waals surface area contributed by atoms with Gasteiger partial charge in [0.2, 0.25) is 5.82 Å². The first-order chi connectivity index (χ1) is 20.4. The highest BCUT2D eigenvalue weighted by atomic mass is 35.5. The maximum absolute atomic E-state index is 13.7. The van der Waals surface area contributed by atoms with Crippen molar-refractivity contribution in [3.8, 4) is 23.1 Å². The number of non-ortho nitro benzene ring substituents is 1. The van der Waals surface area contributed by atoms with E-state index in [1.54, 1.807) is 67.8 Å². The molecule has 11 heteroatoms. The standard InChI is InChI=1S/C31H21ClN4O6/c1-40-27-7-4-8-28-24(27)16-29(42-28)30-34-25-6-3-2-5-23(25)31(37)35(30)33-17-20-15-22(36(38)39)13-14-26(20)41-18-19-9-11-21(32)12-10-19/h2-17H,18H2,1H3. The highest BCUT2D eigenvalue weighted by molar-refractivity contribution is 6.30. The van der Waals surface area contributed by atoms with Gasteiger partial charge in [0, 0.05) is 22.7 Å². The van der Waals surface area contributed by atoms with E-state index in [-0.39, 0.29) is 29.4 Å². The van der Waals surface area contributed by atoms with Crippen LogP contribution in [-0.2, 0) is 6.61 Å². The number of hydrogen-bond donors (Lipinski definition) is 0. The fourth-order valence-corrected chi connectivity index (χ4v) is 4.58. The van der Waals surface area contributed by atoms with E-state index in [4.69, 9.17) is 25.5 Å². The second-order valence-corrected chi connectivity index (χ2v) is 9.63. The van der Waals surface area contributed by atoms with Gasteiger partial charge in [0.05, 0.1) is 34.5 Å². The Kier molecular flexibility index (Phi) is 7.12. The largest absolute Gasteiger partial charge is 0.496 e. The van der Waals surface area contributed by atoms with Crippen molar-refractivity contribution >= 4 is 45.4 Å². The molecule has 42 heavy (non-hydrogen) atoms. The normalized spacial score (nSPS) is 11.4. The zero-order valence-corrected chi connectivity index (χ0v) is 22.8. The lowest BCUT2D eigenvalue weighted by atomic mass is 10.2. The number of para-hydroxylation sites is 1. The summed E-state index contributed by atoms with van der Waals surface area (Å²) in [6.07, 6.45) is 1.33. The van der Waals surface area contributed by atoms with Crippen LogP contribution in [-0.4, -0.2) is 27.9 Å². The van der Waals surface area contributed by atoms with Crippen LogP contribution in [0.5, 0.6) is 11.5 Å². The van der Waals surface area contributed by atoms with E-state index in [0.29, 0.717) is 38.4 Å². The minimum absolute atomic E-state index is 0.141. The summed E-state index contributed by atoms with van der Waals surface area (Å²) in [5, 5.41) is 17.6. The Hall–Kier alpha value is -5.48. The minimum atomic E-state index is -0.517. The Labute approximate surface area is 243 Å². The van der Waals surface area contributed by atoms with Crippen LogP contribution in [0.15, 0.2) is 105 Å². The van der Waals surface area contributed by atoms with E-state index >= 15 is 0 Å². The number of hydrogen-bond acceptors (Lipinski definition) is 8. The van der Waals surface area contributed by atoms with E-state index in [0.717, 1.165) is 10.2 Å². The quantitative estimate of drug-likeness (QED) is 0.110. The molecule has 0 unspecified atom stereocenters. The van der Waals surface area contributed by atoms with Gasteiger partial charge in [-0.2, -0.15) is 9.78 Å². The molecule has 0 amide bonds. The molecule has 0 spiro atoms. The number of benzene rings is 4. The molecular weight excluding hydrogens is 560 g/mol. The lowest BCUT2D eigenvalue weighted by molar-refractivity contribution is -0.384. The van der Waals surface area contributed by atoms with Crippen molar-refractivity contribution in [1.82, 2.24) is 9.66 Å². The smallest absolute Gasteiger partial charge is 0.282 e. The highest BCUT2D eigenvalue weighted by Crippen LogP contribution is 2.33. The number of methoxy groups -OCH3 is 1. The summed E-state index contributed by atoms with van der Waals surface area (Å²) in [4.78, 5) is 29.4. The van der Waals surface area contributed by atoms with Gasteiger partial charge in [0.1, 0.15) is 23.7 Å². The number of rotatable bonds is 8. The third-order valence-electron chi connectivity index (χ3n) is 6.54. The zero-order chi connectivity index (χ0) is 29.2. The van der Waals surface area contributed by atoms with Crippen molar-refractivity contribution in [3.05, 3.63) is 128 Å². The maximum atomic E-state index is 13.7. The summed E-state index contributed by atoms with van der Waals surface area (Å²) in [6.45, 7) is 0.180. The van der Waals surface area contributed by atoms with Crippen molar-refractivity contribution in [2.24, 2.45) is 5.10 Å². The predicted octanol–water partition coefficient (Wildman–Crippen LogP) is 6.84. The fourth-order valence-electron chi connectivity index (χ4n) is 4.46. The average Bonchev–Trinajstić information content (AvgIpc) is 3.45. The van der Waals surface area contributed by atoms with Crippen LogP contribution in [0.4, 0.5) is 5.69 Å². The van der Waals surface area contributed by atoms with Crippen LogP contribution in [0, 0.1) is 10.1 Å². The molecule has 208 valence electrons. The van der Waals surface area contributed by atoms with Crippen LogP contribution < -0.4 is 15.0 Å². The summed E-state index contributed by atoms with van der Waals surface area (Å²) in [6, 6.07) is 25.3. The van der Waals surface area contributed by atoms with Gasteiger partial charge in [-0.15, -0.1) is 0 Å². The van der Waals surface area contributed by atoms with Crippen molar-refractivity contribution < 1.29 is 18.8 Å². The number of ether oxygens (including phenoxy) is 2. The van der Waals surface area contributed by atoms with Crippen LogP contribution >= 0.6 is 11.6 Å². The van der Waals surface area contributed by atoms with Gasteiger partial charge in [0.25, 0.3) is 11.2 Å². The third-order valence-corrected chi connectivity index (χ3v) is 6.79. The van der Waals surface area contributed by atoms with Crippen LogP contribution in [0.25, 0.3) is 33.5 Å². The molecule has 0 fully saturated rings. The van der Waals surface area contributed by atoms with Gasteiger partial charge in [-0.05, 0) is 54.1 Å². The van der Waals surface area contributed by atoms with Crippen molar-refractivity contribution in [2.45, 2.75) is 6.61 Å². The Morgan fingerprint density at radius 3 is 2.60 bits per heavy atom. The van der Waals surface area contributed by atoms with Crippen LogP contribution in [0.2, 0.25) is 5.02 Å². The maximum Gasteiger partial charge on any atom is 0.282 e. The van der Waals surface area contributed by atoms with E-state index in [9.17, 15) is 14.9 Å². The van der Waals surface area contributed by atoms with E-state index in [1.165, 1.54) is 24.4 Å². The van der Waals surface area contributed by atoms with Gasteiger partial charge in [-0.1, -0.05) is 41.9 Å². The molecule has 4 aromatic carbocycles. The highest BCUT2D eigenvalue weighted by Gasteiger charge is 2.18. The van der Waals surface area contributed by atoms with Crippen LogP contribution in [0.3, 0.4) is 0 Å². The summed E-state index contributed by atoms with van der Waals surface area (Å²) >= 11 is 5.98. The molecule has 0 saturated carbocycles. The number of nitro groups is 1. The van der Waals surface area contributed by atoms with Crippen molar-refractivity contribution in [1.29, 1.82) is 0 Å². The topological polar surface area (TPSA) is 122 Å².